The molecule has 0 aliphatic heterocycles. The van der Waals surface area contributed by atoms with Crippen molar-refractivity contribution in [2.45, 2.75) is 25.9 Å². The normalized spacial score (nSPS) is 12.1. The SMILES string of the molecule is COCCc1c(C(=O)O)nnn1CC(=O)NC(C)COC. The van der Waals surface area contributed by atoms with Crippen molar-refractivity contribution in [3.05, 3.63) is 11.4 Å². The number of nitrogens with one attached hydrogen (secondary N) is 1. The molecule has 0 aliphatic carbocycles. The van der Waals surface area contributed by atoms with Crippen molar-refractivity contribution in [3.63, 3.8) is 0 Å². The highest BCUT2D eigenvalue weighted by Crippen LogP contribution is 2.07. The Hall–Kier alpha value is -2.00. The number of carbonyl (C=O) groups excluding carboxylic acids is 1. The van der Waals surface area contributed by atoms with Crippen LogP contribution in [-0.4, -0.2) is 65.5 Å². The van der Waals surface area contributed by atoms with Crippen molar-refractivity contribution < 1.29 is 24.2 Å². The predicted molar refractivity (Wildman–Crippen MR) is 72.0 cm³/mol. The van der Waals surface area contributed by atoms with Gasteiger partial charge in [0.05, 0.1) is 18.9 Å². The van der Waals surface area contributed by atoms with Crippen molar-refractivity contribution in [2.24, 2.45) is 0 Å². The predicted octanol–water partition coefficient (Wildman–Crippen LogP) is -0.684. The second-order valence-corrected chi connectivity index (χ2v) is 4.51. The molecule has 1 heterocycles. The lowest BCUT2D eigenvalue weighted by atomic mass is 10.2. The Balaban J connectivity index is 2.77. The molecule has 0 saturated heterocycles. The van der Waals surface area contributed by atoms with E-state index in [1.807, 2.05) is 0 Å². The third kappa shape index (κ3) is 5.12. The largest absolute Gasteiger partial charge is 0.476 e. The second-order valence-electron chi connectivity index (χ2n) is 4.51. The Morgan fingerprint density at radius 2 is 2.10 bits per heavy atom. The average molecular weight is 300 g/mol. The molecule has 1 amide bonds. The Bertz CT molecular complexity index is 488. The first kappa shape index (κ1) is 17.1. The van der Waals surface area contributed by atoms with Crippen LogP contribution >= 0.6 is 0 Å². The molecule has 9 nitrogen and oxygen atoms in total. The standard InChI is InChI=1S/C12H20N4O5/c1-8(7-21-3)13-10(17)6-16-9(4-5-20-2)11(12(18)19)14-15-16/h8H,4-7H2,1-3H3,(H,13,17)(H,18,19). The van der Waals surface area contributed by atoms with Gasteiger partial charge in [-0.25, -0.2) is 9.48 Å². The summed E-state index contributed by atoms with van der Waals surface area (Å²) in [6.45, 7) is 2.40. The minimum absolute atomic E-state index is 0.104. The van der Waals surface area contributed by atoms with E-state index in [1.54, 1.807) is 14.0 Å². The Morgan fingerprint density at radius 1 is 1.38 bits per heavy atom. The van der Waals surface area contributed by atoms with Gasteiger partial charge in [-0.2, -0.15) is 0 Å². The van der Waals surface area contributed by atoms with Crippen molar-refractivity contribution in [3.8, 4) is 0 Å². The molecule has 0 aliphatic rings. The lowest BCUT2D eigenvalue weighted by Crippen LogP contribution is -2.38. The maximum Gasteiger partial charge on any atom is 0.358 e. The molecule has 0 fully saturated rings. The molecule has 0 bridgehead atoms. The first-order valence-corrected chi connectivity index (χ1v) is 6.42. The fraction of sp³-hybridized carbons (Fsp3) is 0.667. The summed E-state index contributed by atoms with van der Waals surface area (Å²) >= 11 is 0. The number of hydrogen-bond donors (Lipinski definition) is 2. The van der Waals surface area contributed by atoms with Crippen LogP contribution in [0.1, 0.15) is 23.1 Å². The quantitative estimate of drug-likeness (QED) is 0.620. The Kier molecular flexibility index (Phi) is 6.76. The van der Waals surface area contributed by atoms with Gasteiger partial charge in [-0.15, -0.1) is 5.10 Å². The third-order valence-electron chi connectivity index (χ3n) is 2.70. The van der Waals surface area contributed by atoms with Crippen LogP contribution < -0.4 is 5.32 Å². The Morgan fingerprint density at radius 3 is 2.67 bits per heavy atom. The van der Waals surface area contributed by atoms with E-state index >= 15 is 0 Å². The molecule has 1 atom stereocenters. The fourth-order valence-electron chi connectivity index (χ4n) is 1.82. The number of carbonyl (C=O) groups is 2. The monoisotopic (exact) mass is 300 g/mol. The minimum atomic E-state index is -1.18. The maximum atomic E-state index is 11.9. The summed E-state index contributed by atoms with van der Waals surface area (Å²) in [5.41, 5.74) is 0.198. The van der Waals surface area contributed by atoms with Crippen molar-refractivity contribution in [1.29, 1.82) is 0 Å². The molecule has 1 aromatic rings. The summed E-state index contributed by atoms with van der Waals surface area (Å²) in [5.74, 6) is -1.47. The first-order chi connectivity index (χ1) is 9.99. The van der Waals surface area contributed by atoms with Crippen molar-refractivity contribution in [2.75, 3.05) is 27.4 Å². The van der Waals surface area contributed by atoms with Gasteiger partial charge in [0.1, 0.15) is 6.54 Å². The van der Waals surface area contributed by atoms with E-state index < -0.39 is 5.97 Å². The highest BCUT2D eigenvalue weighted by molar-refractivity contribution is 5.86. The van der Waals surface area contributed by atoms with Crippen LogP contribution in [0.5, 0.6) is 0 Å². The molecule has 0 aromatic carbocycles. The van der Waals surface area contributed by atoms with E-state index in [-0.39, 0.29) is 24.2 Å². The summed E-state index contributed by atoms with van der Waals surface area (Å²) in [5, 5.41) is 19.1. The fourth-order valence-corrected chi connectivity index (χ4v) is 1.82. The van der Waals surface area contributed by atoms with Gasteiger partial charge in [-0.1, -0.05) is 5.21 Å². The number of carboxylic acids is 1. The number of methoxy groups -OCH3 is 2. The van der Waals surface area contributed by atoms with Gasteiger partial charge in [0, 0.05) is 26.7 Å². The maximum absolute atomic E-state index is 11.9. The third-order valence-corrected chi connectivity index (χ3v) is 2.70. The van der Waals surface area contributed by atoms with Crippen LogP contribution in [0.4, 0.5) is 0 Å². The number of nitrogens with zero attached hydrogens (tertiary/aromatic N) is 3. The topological polar surface area (TPSA) is 116 Å². The van der Waals surface area contributed by atoms with Gasteiger partial charge >= 0.3 is 5.97 Å². The highest BCUT2D eigenvalue weighted by atomic mass is 16.5. The zero-order valence-corrected chi connectivity index (χ0v) is 12.3. The van der Waals surface area contributed by atoms with Crippen LogP contribution in [0.3, 0.4) is 0 Å². The van der Waals surface area contributed by atoms with Crippen molar-refractivity contribution in [1.82, 2.24) is 20.3 Å². The molecule has 1 rings (SSSR count). The van der Waals surface area contributed by atoms with E-state index in [0.717, 1.165) is 0 Å². The van der Waals surface area contributed by atoms with E-state index in [0.29, 0.717) is 25.3 Å². The molecule has 118 valence electrons. The summed E-state index contributed by atoms with van der Waals surface area (Å²) in [6, 6.07) is -0.146. The molecule has 1 unspecified atom stereocenters. The molecule has 9 heteroatoms. The molecular weight excluding hydrogens is 280 g/mol. The Labute approximate surface area is 122 Å². The van der Waals surface area contributed by atoms with Gasteiger partial charge in [0.25, 0.3) is 0 Å². The molecule has 1 aromatic heterocycles. The zero-order chi connectivity index (χ0) is 15.8. The van der Waals surface area contributed by atoms with E-state index in [2.05, 4.69) is 15.6 Å². The smallest absolute Gasteiger partial charge is 0.358 e. The summed E-state index contributed by atoms with van der Waals surface area (Å²) < 4.78 is 11.1. The van der Waals surface area contributed by atoms with Gasteiger partial charge in [-0.05, 0) is 6.92 Å². The van der Waals surface area contributed by atoms with Crippen LogP contribution in [-0.2, 0) is 27.2 Å². The summed E-state index contributed by atoms with van der Waals surface area (Å²) in [4.78, 5) is 22.9. The van der Waals surface area contributed by atoms with E-state index in [9.17, 15) is 9.59 Å². The van der Waals surface area contributed by atoms with Gasteiger partial charge in [0.15, 0.2) is 5.69 Å². The molecule has 0 spiro atoms. The molecule has 0 radical (unpaired) electrons. The van der Waals surface area contributed by atoms with Gasteiger partial charge in [0.2, 0.25) is 5.91 Å². The highest BCUT2D eigenvalue weighted by Gasteiger charge is 2.20. The van der Waals surface area contributed by atoms with Gasteiger partial charge < -0.3 is 19.9 Å². The number of hydrogen-bond acceptors (Lipinski definition) is 6. The van der Waals surface area contributed by atoms with Crippen molar-refractivity contribution >= 4 is 11.9 Å². The molecule has 21 heavy (non-hydrogen) atoms. The number of rotatable bonds is 9. The number of amides is 1. The van der Waals surface area contributed by atoms with E-state index in [1.165, 1.54) is 11.8 Å². The second kappa shape index (κ2) is 8.32. The average Bonchev–Trinajstić information content (AvgIpc) is 2.79. The number of carboxylic acid groups (broad SMARTS) is 1. The zero-order valence-electron chi connectivity index (χ0n) is 12.3. The number of ether oxygens (including phenoxy) is 2. The number of aromatic nitrogens is 3. The lowest BCUT2D eigenvalue weighted by molar-refractivity contribution is -0.122. The molecule has 2 N–H and O–H groups in total. The molecular formula is C12H20N4O5. The van der Waals surface area contributed by atoms with Crippen LogP contribution in [0.15, 0.2) is 0 Å². The minimum Gasteiger partial charge on any atom is -0.476 e. The summed E-state index contributed by atoms with van der Waals surface area (Å²) in [6.07, 6.45) is 0.312. The van der Waals surface area contributed by atoms with Crippen LogP contribution in [0, 0.1) is 0 Å². The van der Waals surface area contributed by atoms with E-state index in [4.69, 9.17) is 14.6 Å². The number of aromatic carboxylic acids is 1. The summed E-state index contributed by atoms with van der Waals surface area (Å²) in [7, 11) is 3.05. The first-order valence-electron chi connectivity index (χ1n) is 6.42. The van der Waals surface area contributed by atoms with Crippen LogP contribution in [0.25, 0.3) is 0 Å². The van der Waals surface area contributed by atoms with Crippen LogP contribution in [0.2, 0.25) is 0 Å². The lowest BCUT2D eigenvalue weighted by Gasteiger charge is -2.13. The molecule has 0 saturated carbocycles. The van der Waals surface area contributed by atoms with Gasteiger partial charge in [-0.3, -0.25) is 4.79 Å².